The van der Waals surface area contributed by atoms with Crippen LogP contribution in [0.15, 0.2) is 59.4 Å². The highest BCUT2D eigenvalue weighted by Crippen LogP contribution is 2.31. The van der Waals surface area contributed by atoms with Gasteiger partial charge < -0.3 is 16.2 Å². The van der Waals surface area contributed by atoms with E-state index in [0.717, 1.165) is 5.56 Å². The first kappa shape index (κ1) is 18.8. The van der Waals surface area contributed by atoms with E-state index in [4.69, 9.17) is 5.73 Å². The molecule has 1 aromatic heterocycles. The lowest BCUT2D eigenvalue weighted by Gasteiger charge is -2.38. The third kappa shape index (κ3) is 3.38. The van der Waals surface area contributed by atoms with Crippen molar-refractivity contribution in [2.24, 2.45) is 5.73 Å². The van der Waals surface area contributed by atoms with Crippen molar-refractivity contribution >= 4 is 22.7 Å². The van der Waals surface area contributed by atoms with Crippen molar-refractivity contribution in [1.82, 2.24) is 14.9 Å². The standard InChI is InChI=1S/C21H20N4O4/c22-17(26)11-10-16-18(27)24-21(29,12-13-6-2-1-3-7-13)20-23-15-9-5-4-8-14(15)19(28)25(16)20/h1-9,16,29H,10-12H2,(H2,22,26)(H,24,27)/t16-,21-/m0/s1. The van der Waals surface area contributed by atoms with Gasteiger partial charge in [-0.3, -0.25) is 19.0 Å². The molecule has 2 atom stereocenters. The van der Waals surface area contributed by atoms with Crippen LogP contribution in [0.3, 0.4) is 0 Å². The predicted octanol–water partition coefficient (Wildman–Crippen LogP) is 0.721. The van der Waals surface area contributed by atoms with E-state index in [1.165, 1.54) is 4.57 Å². The molecule has 29 heavy (non-hydrogen) atoms. The van der Waals surface area contributed by atoms with Crippen LogP contribution in [0.4, 0.5) is 0 Å². The number of para-hydroxylation sites is 1. The van der Waals surface area contributed by atoms with E-state index in [-0.39, 0.29) is 25.1 Å². The summed E-state index contributed by atoms with van der Waals surface area (Å²) in [4.78, 5) is 41.9. The monoisotopic (exact) mass is 392 g/mol. The fourth-order valence-corrected chi connectivity index (χ4v) is 3.74. The zero-order valence-corrected chi connectivity index (χ0v) is 15.5. The summed E-state index contributed by atoms with van der Waals surface area (Å²) < 4.78 is 1.20. The Kier molecular flexibility index (Phi) is 4.63. The molecule has 0 saturated heterocycles. The summed E-state index contributed by atoms with van der Waals surface area (Å²) in [5.41, 5.74) is 4.10. The summed E-state index contributed by atoms with van der Waals surface area (Å²) in [6.07, 6.45) is -0.00365. The SMILES string of the molecule is NC(=O)CC[C@H]1C(=O)N[C@](O)(Cc2ccccc2)c2nc3ccccc3c(=O)n21. The smallest absolute Gasteiger partial charge is 0.262 e. The molecule has 0 unspecified atom stereocenters. The van der Waals surface area contributed by atoms with Crippen LogP contribution in [-0.2, 0) is 21.7 Å². The lowest BCUT2D eigenvalue weighted by Crippen LogP contribution is -2.59. The number of nitrogens with two attached hydrogens (primary N) is 1. The molecule has 0 radical (unpaired) electrons. The molecular formula is C21H20N4O4. The number of fused-ring (bicyclic) bond motifs is 2. The van der Waals surface area contributed by atoms with Crippen LogP contribution < -0.4 is 16.6 Å². The van der Waals surface area contributed by atoms with E-state index < -0.39 is 29.1 Å². The van der Waals surface area contributed by atoms with Crippen LogP contribution >= 0.6 is 0 Å². The third-order valence-electron chi connectivity index (χ3n) is 5.09. The highest BCUT2D eigenvalue weighted by Gasteiger charge is 2.45. The third-order valence-corrected chi connectivity index (χ3v) is 5.09. The molecule has 0 saturated carbocycles. The molecule has 2 heterocycles. The number of carbonyl (C=O) groups is 2. The number of nitrogens with zero attached hydrogens (tertiary/aromatic N) is 2. The minimum atomic E-state index is -1.87. The number of rotatable bonds is 5. The molecule has 8 nitrogen and oxygen atoms in total. The molecule has 0 bridgehead atoms. The molecule has 2 aromatic carbocycles. The number of benzene rings is 2. The summed E-state index contributed by atoms with van der Waals surface area (Å²) in [5, 5.41) is 14.3. The molecule has 0 spiro atoms. The van der Waals surface area contributed by atoms with E-state index in [0.29, 0.717) is 10.9 Å². The first-order valence-electron chi connectivity index (χ1n) is 9.27. The van der Waals surface area contributed by atoms with Crippen molar-refractivity contribution in [2.75, 3.05) is 0 Å². The molecule has 8 heteroatoms. The number of hydrogen-bond acceptors (Lipinski definition) is 5. The van der Waals surface area contributed by atoms with E-state index in [2.05, 4.69) is 10.3 Å². The molecule has 2 amide bonds. The molecule has 4 rings (SSSR count). The molecule has 0 aliphatic carbocycles. The fraction of sp³-hybridized carbons (Fsp3) is 0.238. The average Bonchev–Trinajstić information content (AvgIpc) is 2.69. The molecule has 3 aromatic rings. The summed E-state index contributed by atoms with van der Waals surface area (Å²) in [6.45, 7) is 0. The highest BCUT2D eigenvalue weighted by molar-refractivity contribution is 5.85. The minimum Gasteiger partial charge on any atom is -0.370 e. The molecule has 4 N–H and O–H groups in total. The second-order valence-electron chi connectivity index (χ2n) is 7.16. The van der Waals surface area contributed by atoms with Crippen LogP contribution in [0.25, 0.3) is 10.9 Å². The number of nitrogens with one attached hydrogen (secondary N) is 1. The van der Waals surface area contributed by atoms with Crippen LogP contribution in [-0.4, -0.2) is 26.5 Å². The van der Waals surface area contributed by atoms with Gasteiger partial charge in [0.05, 0.1) is 10.9 Å². The lowest BCUT2D eigenvalue weighted by molar-refractivity contribution is -0.138. The maximum atomic E-state index is 13.2. The molecule has 1 aliphatic rings. The van der Waals surface area contributed by atoms with Crippen LogP contribution in [0, 0.1) is 0 Å². The number of hydrogen-bond donors (Lipinski definition) is 3. The molecule has 0 fully saturated rings. The Balaban J connectivity index is 1.91. The average molecular weight is 392 g/mol. The number of amides is 2. The quantitative estimate of drug-likeness (QED) is 0.590. The van der Waals surface area contributed by atoms with Gasteiger partial charge in [0.1, 0.15) is 6.04 Å². The van der Waals surface area contributed by atoms with Crippen molar-refractivity contribution < 1.29 is 14.7 Å². The second-order valence-corrected chi connectivity index (χ2v) is 7.16. The van der Waals surface area contributed by atoms with Crippen LogP contribution in [0.1, 0.15) is 30.3 Å². The van der Waals surface area contributed by atoms with Crippen molar-refractivity contribution in [3.8, 4) is 0 Å². The number of carbonyl (C=O) groups excluding carboxylic acids is 2. The Morgan fingerprint density at radius 3 is 2.55 bits per heavy atom. The highest BCUT2D eigenvalue weighted by atomic mass is 16.3. The van der Waals surface area contributed by atoms with E-state index >= 15 is 0 Å². The van der Waals surface area contributed by atoms with E-state index in [1.807, 2.05) is 30.3 Å². The predicted molar refractivity (Wildman–Crippen MR) is 106 cm³/mol. The maximum absolute atomic E-state index is 13.2. The lowest BCUT2D eigenvalue weighted by atomic mass is 9.96. The number of aromatic nitrogens is 2. The van der Waals surface area contributed by atoms with Crippen molar-refractivity contribution in [3.63, 3.8) is 0 Å². The van der Waals surface area contributed by atoms with Gasteiger partial charge in [0, 0.05) is 12.8 Å². The van der Waals surface area contributed by atoms with Gasteiger partial charge >= 0.3 is 0 Å². The summed E-state index contributed by atoms with van der Waals surface area (Å²) >= 11 is 0. The van der Waals surface area contributed by atoms with Gasteiger partial charge in [0.15, 0.2) is 5.82 Å². The van der Waals surface area contributed by atoms with Crippen LogP contribution in [0.2, 0.25) is 0 Å². The Bertz CT molecular complexity index is 1160. The Morgan fingerprint density at radius 1 is 1.14 bits per heavy atom. The van der Waals surface area contributed by atoms with E-state index in [1.54, 1.807) is 24.3 Å². The molecule has 148 valence electrons. The van der Waals surface area contributed by atoms with Crippen molar-refractivity contribution in [3.05, 3.63) is 76.3 Å². The zero-order chi connectivity index (χ0) is 20.6. The zero-order valence-electron chi connectivity index (χ0n) is 15.5. The summed E-state index contributed by atoms with van der Waals surface area (Å²) in [6, 6.07) is 14.9. The van der Waals surface area contributed by atoms with Crippen LogP contribution in [0.5, 0.6) is 0 Å². The number of aliphatic hydroxyl groups is 1. The Morgan fingerprint density at radius 2 is 1.83 bits per heavy atom. The normalized spacial score (nSPS) is 20.9. The summed E-state index contributed by atoms with van der Waals surface area (Å²) in [5.74, 6) is -1.10. The first-order valence-corrected chi connectivity index (χ1v) is 9.27. The van der Waals surface area contributed by atoms with Gasteiger partial charge in [-0.25, -0.2) is 4.98 Å². The maximum Gasteiger partial charge on any atom is 0.262 e. The number of primary amides is 1. The molecule has 1 aliphatic heterocycles. The largest absolute Gasteiger partial charge is 0.370 e. The van der Waals surface area contributed by atoms with Gasteiger partial charge in [-0.1, -0.05) is 42.5 Å². The Hall–Kier alpha value is -3.52. The topological polar surface area (TPSA) is 127 Å². The second kappa shape index (κ2) is 7.14. The van der Waals surface area contributed by atoms with Gasteiger partial charge in [0.2, 0.25) is 17.5 Å². The van der Waals surface area contributed by atoms with E-state index in [9.17, 15) is 19.5 Å². The van der Waals surface area contributed by atoms with Crippen molar-refractivity contribution in [1.29, 1.82) is 0 Å². The minimum absolute atomic E-state index is 0.0346. The van der Waals surface area contributed by atoms with Gasteiger partial charge in [-0.05, 0) is 24.1 Å². The Labute approximate surface area is 166 Å². The van der Waals surface area contributed by atoms with Gasteiger partial charge in [-0.15, -0.1) is 0 Å². The summed E-state index contributed by atoms with van der Waals surface area (Å²) in [7, 11) is 0. The van der Waals surface area contributed by atoms with Gasteiger partial charge in [-0.2, -0.15) is 0 Å². The first-order chi connectivity index (χ1) is 13.9. The fourth-order valence-electron chi connectivity index (χ4n) is 3.74. The molecular weight excluding hydrogens is 372 g/mol. The van der Waals surface area contributed by atoms with Crippen molar-refractivity contribution in [2.45, 2.75) is 31.0 Å². The van der Waals surface area contributed by atoms with Gasteiger partial charge in [0.25, 0.3) is 5.56 Å².